The van der Waals surface area contributed by atoms with Crippen LogP contribution in [0.2, 0.25) is 10.0 Å². The van der Waals surface area contributed by atoms with Crippen LogP contribution in [0.3, 0.4) is 0 Å². The summed E-state index contributed by atoms with van der Waals surface area (Å²) in [4.78, 5) is 12.9. The lowest BCUT2D eigenvalue weighted by Gasteiger charge is -2.15. The molecular formula is C20H24Cl2N2O3. The summed E-state index contributed by atoms with van der Waals surface area (Å²) >= 11 is 12.1. The van der Waals surface area contributed by atoms with Crippen molar-refractivity contribution < 1.29 is 15.0 Å². The molecule has 7 heteroatoms. The third-order valence-electron chi connectivity index (χ3n) is 4.32. The van der Waals surface area contributed by atoms with E-state index in [0.29, 0.717) is 27.0 Å². The van der Waals surface area contributed by atoms with Gasteiger partial charge in [-0.3, -0.25) is 9.69 Å². The summed E-state index contributed by atoms with van der Waals surface area (Å²) in [6, 6.07) is 12.3. The number of aliphatic carboxylic acids is 1. The molecule has 1 saturated heterocycles. The average molecular weight is 411 g/mol. The summed E-state index contributed by atoms with van der Waals surface area (Å²) in [5, 5.41) is 22.1. The van der Waals surface area contributed by atoms with Gasteiger partial charge in [-0.15, -0.1) is 0 Å². The minimum atomic E-state index is -0.889. The Morgan fingerprint density at radius 3 is 2.37 bits per heavy atom. The Balaban J connectivity index is 0.000000273. The first kappa shape index (κ1) is 21.5. The molecule has 0 spiro atoms. The van der Waals surface area contributed by atoms with E-state index in [1.807, 2.05) is 6.07 Å². The fourth-order valence-electron chi connectivity index (χ4n) is 2.89. The monoisotopic (exact) mass is 410 g/mol. The highest BCUT2D eigenvalue weighted by Gasteiger charge is 2.19. The number of nitrogens with one attached hydrogen (secondary N) is 1. The van der Waals surface area contributed by atoms with Gasteiger partial charge in [0.2, 0.25) is 0 Å². The second-order valence-corrected chi connectivity index (χ2v) is 7.02. The molecule has 0 bridgehead atoms. The number of anilines is 2. The van der Waals surface area contributed by atoms with Gasteiger partial charge >= 0.3 is 5.97 Å². The van der Waals surface area contributed by atoms with Crippen molar-refractivity contribution in [2.75, 3.05) is 18.4 Å². The van der Waals surface area contributed by atoms with Crippen molar-refractivity contribution in [3.8, 4) is 0 Å². The molecule has 3 N–H and O–H groups in total. The number of hydrogen-bond donors (Lipinski definition) is 3. The van der Waals surface area contributed by atoms with E-state index in [4.69, 9.17) is 33.4 Å². The summed E-state index contributed by atoms with van der Waals surface area (Å²) in [6.07, 6.45) is 1.92. The SMILES string of the molecule is CCN1CCCC1O.O=C(O)Cc1ccccc1Nc1c(Cl)cccc1Cl. The Kier molecular flexibility index (Phi) is 8.38. The maximum atomic E-state index is 10.8. The maximum absolute atomic E-state index is 10.8. The molecule has 1 unspecified atom stereocenters. The van der Waals surface area contributed by atoms with Crippen LogP contribution in [0, 0.1) is 0 Å². The number of likely N-dealkylation sites (tertiary alicyclic amines) is 1. The van der Waals surface area contributed by atoms with Gasteiger partial charge in [0.05, 0.1) is 22.2 Å². The molecule has 1 atom stereocenters. The number of hydrogen-bond acceptors (Lipinski definition) is 4. The normalized spacial score (nSPS) is 16.5. The van der Waals surface area contributed by atoms with Crippen LogP contribution >= 0.6 is 23.2 Å². The number of nitrogens with zero attached hydrogens (tertiary/aromatic N) is 1. The van der Waals surface area contributed by atoms with Crippen LogP contribution in [0.1, 0.15) is 25.3 Å². The van der Waals surface area contributed by atoms with Gasteiger partial charge in [-0.2, -0.15) is 0 Å². The molecule has 2 aromatic rings. The summed E-state index contributed by atoms with van der Waals surface area (Å²) in [5.74, 6) is -0.889. The number of para-hydroxylation sites is 2. The van der Waals surface area contributed by atoms with Crippen LogP contribution in [0.5, 0.6) is 0 Å². The third kappa shape index (κ3) is 6.40. The lowest BCUT2D eigenvalue weighted by atomic mass is 10.1. The summed E-state index contributed by atoms with van der Waals surface area (Å²) < 4.78 is 0. The number of halogens is 2. The van der Waals surface area contributed by atoms with E-state index in [1.165, 1.54) is 0 Å². The van der Waals surface area contributed by atoms with Crippen LogP contribution in [-0.4, -0.2) is 40.4 Å². The first-order valence-electron chi connectivity index (χ1n) is 8.85. The van der Waals surface area contributed by atoms with Crippen molar-refractivity contribution in [2.24, 2.45) is 0 Å². The van der Waals surface area contributed by atoms with Crippen molar-refractivity contribution >= 4 is 40.5 Å². The highest BCUT2D eigenvalue weighted by atomic mass is 35.5. The van der Waals surface area contributed by atoms with Gasteiger partial charge < -0.3 is 15.5 Å². The van der Waals surface area contributed by atoms with Crippen molar-refractivity contribution in [2.45, 2.75) is 32.4 Å². The van der Waals surface area contributed by atoms with E-state index in [-0.39, 0.29) is 12.6 Å². The van der Waals surface area contributed by atoms with Crippen molar-refractivity contribution in [1.29, 1.82) is 0 Å². The quantitative estimate of drug-likeness (QED) is 0.660. The number of carbonyl (C=O) groups is 1. The molecule has 0 saturated carbocycles. The predicted octanol–water partition coefficient (Wildman–Crippen LogP) is 4.78. The zero-order valence-corrected chi connectivity index (χ0v) is 16.7. The van der Waals surface area contributed by atoms with Crippen molar-refractivity contribution in [3.63, 3.8) is 0 Å². The first-order valence-corrected chi connectivity index (χ1v) is 9.60. The Labute approximate surface area is 169 Å². The Hall–Kier alpha value is -1.79. The smallest absolute Gasteiger partial charge is 0.307 e. The topological polar surface area (TPSA) is 72.8 Å². The van der Waals surface area contributed by atoms with Crippen LogP contribution in [0.25, 0.3) is 0 Å². The molecule has 2 aromatic carbocycles. The molecule has 146 valence electrons. The molecule has 3 rings (SSSR count). The molecule has 1 fully saturated rings. The second-order valence-electron chi connectivity index (χ2n) is 6.20. The number of benzene rings is 2. The number of carboxylic acid groups (broad SMARTS) is 1. The van der Waals surface area contributed by atoms with Gasteiger partial charge in [0.25, 0.3) is 0 Å². The van der Waals surface area contributed by atoms with Crippen LogP contribution in [0.4, 0.5) is 11.4 Å². The molecule has 0 aliphatic carbocycles. The van der Waals surface area contributed by atoms with Crippen LogP contribution < -0.4 is 5.32 Å². The summed E-state index contributed by atoms with van der Waals surface area (Å²) in [5.41, 5.74) is 1.93. The summed E-state index contributed by atoms with van der Waals surface area (Å²) in [7, 11) is 0. The van der Waals surface area contributed by atoms with E-state index in [1.54, 1.807) is 36.4 Å². The van der Waals surface area contributed by atoms with Gasteiger partial charge in [0.15, 0.2) is 0 Å². The minimum Gasteiger partial charge on any atom is -0.481 e. The van der Waals surface area contributed by atoms with E-state index < -0.39 is 5.97 Å². The molecule has 0 aromatic heterocycles. The van der Waals surface area contributed by atoms with E-state index in [2.05, 4.69) is 17.1 Å². The number of carboxylic acids is 1. The number of aliphatic hydroxyl groups excluding tert-OH is 1. The van der Waals surface area contributed by atoms with Crippen LogP contribution in [-0.2, 0) is 11.2 Å². The molecule has 5 nitrogen and oxygen atoms in total. The van der Waals surface area contributed by atoms with E-state index in [9.17, 15) is 4.79 Å². The summed E-state index contributed by atoms with van der Waals surface area (Å²) in [6.45, 7) is 4.15. The Bertz CT molecular complexity index is 750. The van der Waals surface area contributed by atoms with Gasteiger partial charge in [-0.25, -0.2) is 0 Å². The highest BCUT2D eigenvalue weighted by molar-refractivity contribution is 6.39. The largest absolute Gasteiger partial charge is 0.481 e. The Morgan fingerprint density at radius 2 is 1.85 bits per heavy atom. The fourth-order valence-corrected chi connectivity index (χ4v) is 3.38. The number of aliphatic hydroxyl groups is 1. The molecule has 27 heavy (non-hydrogen) atoms. The zero-order chi connectivity index (χ0) is 19.8. The van der Waals surface area contributed by atoms with E-state index >= 15 is 0 Å². The van der Waals surface area contributed by atoms with Gasteiger partial charge in [-0.05, 0) is 43.1 Å². The highest BCUT2D eigenvalue weighted by Crippen LogP contribution is 2.33. The molecule has 1 heterocycles. The maximum Gasteiger partial charge on any atom is 0.307 e. The molecular weight excluding hydrogens is 387 g/mol. The van der Waals surface area contributed by atoms with Gasteiger partial charge in [0.1, 0.15) is 6.23 Å². The molecule has 1 aliphatic heterocycles. The Morgan fingerprint density at radius 1 is 1.19 bits per heavy atom. The van der Waals surface area contributed by atoms with Gasteiger partial charge in [-0.1, -0.05) is 54.4 Å². The average Bonchev–Trinajstić information content (AvgIpc) is 3.05. The van der Waals surface area contributed by atoms with Gasteiger partial charge in [0, 0.05) is 12.2 Å². The van der Waals surface area contributed by atoms with Crippen LogP contribution in [0.15, 0.2) is 42.5 Å². The third-order valence-corrected chi connectivity index (χ3v) is 4.95. The standard InChI is InChI=1S/C14H11Cl2NO2.C6H13NO/c15-10-5-3-6-11(16)14(10)17-12-7-2-1-4-9(12)8-13(18)19;1-2-7-5-3-4-6(7)8/h1-7,17H,8H2,(H,18,19);6,8H,2-5H2,1H3. The predicted molar refractivity (Wildman–Crippen MR) is 110 cm³/mol. The number of rotatable bonds is 5. The lowest BCUT2D eigenvalue weighted by molar-refractivity contribution is -0.136. The lowest BCUT2D eigenvalue weighted by Crippen LogP contribution is -2.28. The molecule has 0 amide bonds. The van der Waals surface area contributed by atoms with Crippen molar-refractivity contribution in [1.82, 2.24) is 4.90 Å². The zero-order valence-electron chi connectivity index (χ0n) is 15.2. The second kappa shape index (κ2) is 10.5. The van der Waals surface area contributed by atoms with E-state index in [0.717, 1.165) is 25.9 Å². The molecule has 0 radical (unpaired) electrons. The minimum absolute atomic E-state index is 0.0642. The fraction of sp³-hybridized carbons (Fsp3) is 0.350. The van der Waals surface area contributed by atoms with Crippen molar-refractivity contribution in [3.05, 3.63) is 58.1 Å². The first-order chi connectivity index (χ1) is 12.9. The molecule has 1 aliphatic rings.